The van der Waals surface area contributed by atoms with E-state index in [0.29, 0.717) is 18.8 Å². The Hall–Kier alpha value is -0.220. The molecular formula is C11H22O3S. The van der Waals surface area contributed by atoms with E-state index < -0.39 is 0 Å². The molecule has 0 aliphatic carbocycles. The molecule has 15 heavy (non-hydrogen) atoms. The molecule has 0 radical (unpaired) electrons. The van der Waals surface area contributed by atoms with Gasteiger partial charge in [-0.05, 0) is 19.3 Å². The lowest BCUT2D eigenvalue weighted by molar-refractivity contribution is -0.143. The van der Waals surface area contributed by atoms with Crippen LogP contribution in [0.25, 0.3) is 0 Å². The molecule has 0 spiro atoms. The van der Waals surface area contributed by atoms with Gasteiger partial charge in [-0.2, -0.15) is 12.6 Å². The maximum absolute atomic E-state index is 10.9. The van der Waals surface area contributed by atoms with Gasteiger partial charge in [0.2, 0.25) is 0 Å². The molecule has 0 aromatic heterocycles. The Morgan fingerprint density at radius 2 is 1.80 bits per heavy atom. The summed E-state index contributed by atoms with van der Waals surface area (Å²) in [6.45, 7) is 4.26. The van der Waals surface area contributed by atoms with Crippen molar-refractivity contribution < 1.29 is 14.3 Å². The predicted molar refractivity (Wildman–Crippen MR) is 64.4 cm³/mol. The lowest BCUT2D eigenvalue weighted by Crippen LogP contribution is -2.07. The minimum absolute atomic E-state index is 0.156. The van der Waals surface area contributed by atoms with Gasteiger partial charge in [0.1, 0.15) is 0 Å². The molecule has 0 unspecified atom stereocenters. The number of carbonyl (C=O) groups is 1. The smallest absolute Gasteiger partial charge is 0.306 e. The predicted octanol–water partition coefficient (Wildman–Crippen LogP) is 2.45. The van der Waals surface area contributed by atoms with Crippen LogP contribution >= 0.6 is 12.6 Å². The van der Waals surface area contributed by atoms with Gasteiger partial charge < -0.3 is 9.47 Å². The number of esters is 1. The second-order valence-electron chi connectivity index (χ2n) is 3.37. The number of rotatable bonds is 10. The average Bonchev–Trinajstić information content (AvgIpc) is 2.22. The zero-order chi connectivity index (χ0) is 11.4. The third-order valence-corrected chi connectivity index (χ3v) is 2.13. The van der Waals surface area contributed by atoms with E-state index in [0.717, 1.165) is 32.5 Å². The minimum Gasteiger partial charge on any atom is -0.466 e. The van der Waals surface area contributed by atoms with Crippen LogP contribution in [0.1, 0.15) is 39.0 Å². The molecule has 0 saturated heterocycles. The normalized spacial score (nSPS) is 10.3. The summed E-state index contributed by atoms with van der Waals surface area (Å²) in [7, 11) is 0. The van der Waals surface area contributed by atoms with E-state index in [2.05, 4.69) is 19.6 Å². The van der Waals surface area contributed by atoms with Crippen molar-refractivity contribution >= 4 is 18.6 Å². The summed E-state index contributed by atoms with van der Waals surface area (Å²) in [4.78, 5) is 10.9. The van der Waals surface area contributed by atoms with E-state index in [9.17, 15) is 4.79 Å². The maximum Gasteiger partial charge on any atom is 0.306 e. The molecule has 0 atom stereocenters. The van der Waals surface area contributed by atoms with Gasteiger partial charge in [0.25, 0.3) is 0 Å². The van der Waals surface area contributed by atoms with Crippen molar-refractivity contribution in [3.8, 4) is 0 Å². The number of ether oxygens (including phenoxy) is 2. The summed E-state index contributed by atoms with van der Waals surface area (Å²) in [5, 5.41) is 0. The maximum atomic E-state index is 10.9. The summed E-state index contributed by atoms with van der Waals surface area (Å²) in [6.07, 6.45) is 4.52. The molecule has 0 aromatic rings. The van der Waals surface area contributed by atoms with Crippen molar-refractivity contribution in [2.75, 3.05) is 25.6 Å². The van der Waals surface area contributed by atoms with Gasteiger partial charge in [0.15, 0.2) is 0 Å². The molecule has 90 valence electrons. The van der Waals surface area contributed by atoms with E-state index in [1.807, 2.05) is 0 Å². The highest BCUT2D eigenvalue weighted by molar-refractivity contribution is 7.80. The van der Waals surface area contributed by atoms with Crippen LogP contribution in [-0.4, -0.2) is 31.5 Å². The summed E-state index contributed by atoms with van der Waals surface area (Å²) in [6, 6.07) is 0. The molecule has 0 aliphatic heterocycles. The molecule has 0 rings (SSSR count). The molecule has 0 amide bonds. The number of thiol groups is 1. The lowest BCUT2D eigenvalue weighted by Gasteiger charge is -2.04. The van der Waals surface area contributed by atoms with E-state index in [1.165, 1.54) is 6.42 Å². The second kappa shape index (κ2) is 11.9. The molecule has 4 heteroatoms. The molecule has 0 aliphatic rings. The van der Waals surface area contributed by atoms with Crippen LogP contribution in [0.15, 0.2) is 0 Å². The van der Waals surface area contributed by atoms with Crippen molar-refractivity contribution in [3.05, 3.63) is 0 Å². The first-order chi connectivity index (χ1) is 7.31. The molecule has 0 aromatic carbocycles. The van der Waals surface area contributed by atoms with Crippen molar-refractivity contribution in [1.82, 2.24) is 0 Å². The topological polar surface area (TPSA) is 35.5 Å². The zero-order valence-electron chi connectivity index (χ0n) is 9.54. The van der Waals surface area contributed by atoms with Crippen LogP contribution < -0.4 is 0 Å². The minimum atomic E-state index is -0.156. The highest BCUT2D eigenvalue weighted by Gasteiger charge is 1.99. The standard InChI is InChI=1S/C11H22O3S/c1-2-3-7-13-8-4-5-9-14-11(12)6-10-15/h15H,2-10H2,1H3. The number of hydrogen-bond acceptors (Lipinski definition) is 4. The Bertz CT molecular complexity index is 151. The van der Waals surface area contributed by atoms with Gasteiger partial charge >= 0.3 is 5.97 Å². The Labute approximate surface area is 97.9 Å². The van der Waals surface area contributed by atoms with Crippen LogP contribution in [0.4, 0.5) is 0 Å². The first-order valence-electron chi connectivity index (χ1n) is 5.65. The van der Waals surface area contributed by atoms with Crippen molar-refractivity contribution in [3.63, 3.8) is 0 Å². The zero-order valence-corrected chi connectivity index (χ0v) is 10.4. The quantitative estimate of drug-likeness (QED) is 0.358. The van der Waals surface area contributed by atoms with Crippen molar-refractivity contribution in [2.24, 2.45) is 0 Å². The highest BCUT2D eigenvalue weighted by Crippen LogP contribution is 1.96. The summed E-state index contributed by atoms with van der Waals surface area (Å²) < 4.78 is 10.3. The number of unbranched alkanes of at least 4 members (excludes halogenated alkanes) is 2. The first kappa shape index (κ1) is 14.8. The first-order valence-corrected chi connectivity index (χ1v) is 6.28. The Kier molecular flexibility index (Phi) is 11.7. The van der Waals surface area contributed by atoms with Crippen LogP contribution in [0.3, 0.4) is 0 Å². The highest BCUT2D eigenvalue weighted by atomic mass is 32.1. The van der Waals surface area contributed by atoms with E-state index >= 15 is 0 Å². The SMILES string of the molecule is CCCCOCCCCOC(=O)CCS. The van der Waals surface area contributed by atoms with Gasteiger partial charge in [0, 0.05) is 19.0 Å². The third-order valence-electron chi connectivity index (χ3n) is 1.90. The molecule has 0 N–H and O–H groups in total. The molecular weight excluding hydrogens is 212 g/mol. The van der Waals surface area contributed by atoms with Crippen molar-refractivity contribution in [1.29, 1.82) is 0 Å². The summed E-state index contributed by atoms with van der Waals surface area (Å²) in [5.41, 5.74) is 0. The molecule has 0 saturated carbocycles. The van der Waals surface area contributed by atoms with Gasteiger partial charge in [-0.15, -0.1) is 0 Å². The molecule has 0 bridgehead atoms. The Balaban J connectivity index is 3.01. The summed E-state index contributed by atoms with van der Waals surface area (Å²) in [5.74, 6) is 0.399. The van der Waals surface area contributed by atoms with Crippen LogP contribution in [0.5, 0.6) is 0 Å². The average molecular weight is 234 g/mol. The van der Waals surface area contributed by atoms with E-state index in [-0.39, 0.29) is 5.97 Å². The Morgan fingerprint density at radius 3 is 2.47 bits per heavy atom. The van der Waals surface area contributed by atoms with Gasteiger partial charge in [-0.25, -0.2) is 0 Å². The number of hydrogen-bond donors (Lipinski definition) is 1. The van der Waals surface area contributed by atoms with E-state index in [1.54, 1.807) is 0 Å². The van der Waals surface area contributed by atoms with Crippen LogP contribution in [0.2, 0.25) is 0 Å². The third kappa shape index (κ3) is 11.7. The van der Waals surface area contributed by atoms with Crippen LogP contribution in [0, 0.1) is 0 Å². The fraction of sp³-hybridized carbons (Fsp3) is 0.909. The number of carbonyl (C=O) groups excluding carboxylic acids is 1. The lowest BCUT2D eigenvalue weighted by atomic mass is 10.3. The molecule has 3 nitrogen and oxygen atoms in total. The fourth-order valence-corrected chi connectivity index (χ4v) is 1.19. The van der Waals surface area contributed by atoms with Gasteiger partial charge in [-0.3, -0.25) is 4.79 Å². The monoisotopic (exact) mass is 234 g/mol. The largest absolute Gasteiger partial charge is 0.466 e. The molecule has 0 fully saturated rings. The second-order valence-corrected chi connectivity index (χ2v) is 3.81. The van der Waals surface area contributed by atoms with Crippen molar-refractivity contribution in [2.45, 2.75) is 39.0 Å². The molecule has 0 heterocycles. The van der Waals surface area contributed by atoms with Gasteiger partial charge in [-0.1, -0.05) is 13.3 Å². The Morgan fingerprint density at radius 1 is 1.13 bits per heavy atom. The van der Waals surface area contributed by atoms with Gasteiger partial charge in [0.05, 0.1) is 13.0 Å². The van der Waals surface area contributed by atoms with E-state index in [4.69, 9.17) is 9.47 Å². The van der Waals surface area contributed by atoms with Crippen LogP contribution in [-0.2, 0) is 14.3 Å². The fourth-order valence-electron chi connectivity index (χ4n) is 1.00. The summed E-state index contributed by atoms with van der Waals surface area (Å²) >= 11 is 3.95.